The lowest BCUT2D eigenvalue weighted by Crippen LogP contribution is -1.94. The molecule has 0 atom stereocenters. The largest absolute Gasteiger partial charge is 0.467 e. The van der Waals surface area contributed by atoms with Crippen LogP contribution in [0.4, 0.5) is 0 Å². The molecule has 0 N–H and O–H groups in total. The molecule has 0 aliphatic heterocycles. The second kappa shape index (κ2) is 4.59. The van der Waals surface area contributed by atoms with Crippen molar-refractivity contribution in [2.45, 2.75) is 19.8 Å². The quantitative estimate of drug-likeness (QED) is 0.494. The molecular formula is C9H12O3. The Bertz CT molecular complexity index is 240. The van der Waals surface area contributed by atoms with E-state index in [1.165, 1.54) is 0 Å². The van der Waals surface area contributed by atoms with Crippen molar-refractivity contribution in [1.29, 1.82) is 0 Å². The Kier molecular flexibility index (Phi) is 3.38. The molecule has 1 heterocycles. The summed E-state index contributed by atoms with van der Waals surface area (Å²) in [4.78, 5) is 9.80. The van der Waals surface area contributed by atoms with E-state index in [1.54, 1.807) is 0 Å². The molecule has 0 aliphatic carbocycles. The lowest BCUT2D eigenvalue weighted by molar-refractivity contribution is -0.128. The molecule has 0 saturated carbocycles. The first-order valence-corrected chi connectivity index (χ1v) is 3.99. The Hall–Kier alpha value is -1.25. The van der Waals surface area contributed by atoms with Gasteiger partial charge >= 0.3 is 0 Å². The molecule has 0 saturated heterocycles. The molecule has 3 heteroatoms. The van der Waals surface area contributed by atoms with Crippen LogP contribution in [0.25, 0.3) is 0 Å². The van der Waals surface area contributed by atoms with Crippen LogP contribution >= 0.6 is 0 Å². The Morgan fingerprint density at radius 1 is 1.50 bits per heavy atom. The van der Waals surface area contributed by atoms with Crippen molar-refractivity contribution in [1.82, 2.24) is 0 Å². The number of ether oxygens (including phenoxy) is 1. The molecule has 66 valence electrons. The predicted molar refractivity (Wildman–Crippen MR) is 43.8 cm³/mol. The summed E-state index contributed by atoms with van der Waals surface area (Å²) in [7, 11) is 0. The number of hydrogen-bond acceptors (Lipinski definition) is 3. The van der Waals surface area contributed by atoms with Crippen LogP contribution in [0, 0.1) is 0 Å². The standard InChI is InChI=1S/C9H12O3/c1-2-8-3-4-9(12-8)5-6-11-7-10/h3-4,7H,2,5-6H2,1H3. The number of carbonyl (C=O) groups is 1. The van der Waals surface area contributed by atoms with Crippen LogP contribution in [-0.4, -0.2) is 13.1 Å². The van der Waals surface area contributed by atoms with Crippen LogP contribution in [0.3, 0.4) is 0 Å². The Morgan fingerprint density at radius 3 is 2.83 bits per heavy atom. The highest BCUT2D eigenvalue weighted by Crippen LogP contribution is 2.08. The Morgan fingerprint density at radius 2 is 2.25 bits per heavy atom. The molecule has 1 aromatic heterocycles. The zero-order chi connectivity index (χ0) is 8.81. The monoisotopic (exact) mass is 168 g/mol. The Balaban J connectivity index is 2.36. The van der Waals surface area contributed by atoms with Crippen molar-refractivity contribution in [3.63, 3.8) is 0 Å². The van der Waals surface area contributed by atoms with Crippen molar-refractivity contribution in [3.05, 3.63) is 23.7 Å². The number of aryl methyl sites for hydroxylation is 1. The molecule has 0 aliphatic rings. The molecule has 1 aromatic rings. The summed E-state index contributed by atoms with van der Waals surface area (Å²) in [5.41, 5.74) is 0. The minimum absolute atomic E-state index is 0.389. The molecule has 0 fully saturated rings. The first-order chi connectivity index (χ1) is 5.86. The predicted octanol–water partition coefficient (Wildman–Crippen LogP) is 1.56. The molecule has 1 rings (SSSR count). The van der Waals surface area contributed by atoms with Gasteiger partial charge in [0.1, 0.15) is 11.5 Å². The van der Waals surface area contributed by atoms with Gasteiger partial charge in [0.15, 0.2) is 0 Å². The van der Waals surface area contributed by atoms with E-state index in [9.17, 15) is 4.79 Å². The van der Waals surface area contributed by atoms with Crippen molar-refractivity contribution in [2.24, 2.45) is 0 Å². The molecule has 12 heavy (non-hydrogen) atoms. The summed E-state index contributed by atoms with van der Waals surface area (Å²) >= 11 is 0. The summed E-state index contributed by atoms with van der Waals surface area (Å²) in [6, 6.07) is 3.85. The number of carbonyl (C=O) groups excluding carboxylic acids is 1. The molecule has 0 aromatic carbocycles. The maximum atomic E-state index is 9.80. The lowest BCUT2D eigenvalue weighted by Gasteiger charge is -1.94. The van der Waals surface area contributed by atoms with Gasteiger partial charge in [-0.05, 0) is 12.1 Å². The number of hydrogen-bond donors (Lipinski definition) is 0. The number of rotatable bonds is 5. The van der Waals surface area contributed by atoms with E-state index in [0.29, 0.717) is 19.5 Å². The highest BCUT2D eigenvalue weighted by molar-refractivity contribution is 5.36. The van der Waals surface area contributed by atoms with Crippen molar-refractivity contribution < 1.29 is 13.9 Å². The fourth-order valence-electron chi connectivity index (χ4n) is 0.954. The summed E-state index contributed by atoms with van der Waals surface area (Å²) in [5, 5.41) is 0. The Labute approximate surface area is 71.3 Å². The van der Waals surface area contributed by atoms with Gasteiger partial charge < -0.3 is 9.15 Å². The van der Waals surface area contributed by atoms with Gasteiger partial charge in [-0.25, -0.2) is 0 Å². The van der Waals surface area contributed by atoms with Gasteiger partial charge in [0.05, 0.1) is 6.61 Å². The number of furan rings is 1. The molecule has 0 spiro atoms. The highest BCUT2D eigenvalue weighted by Gasteiger charge is 1.99. The van der Waals surface area contributed by atoms with E-state index in [-0.39, 0.29) is 0 Å². The van der Waals surface area contributed by atoms with Gasteiger partial charge in [0, 0.05) is 12.8 Å². The van der Waals surface area contributed by atoms with Gasteiger partial charge in [-0.1, -0.05) is 6.92 Å². The van der Waals surface area contributed by atoms with Gasteiger partial charge in [0.2, 0.25) is 0 Å². The summed E-state index contributed by atoms with van der Waals surface area (Å²) < 4.78 is 9.92. The van der Waals surface area contributed by atoms with E-state index in [1.807, 2.05) is 19.1 Å². The topological polar surface area (TPSA) is 39.4 Å². The van der Waals surface area contributed by atoms with Gasteiger partial charge in [-0.2, -0.15) is 0 Å². The fraction of sp³-hybridized carbons (Fsp3) is 0.444. The first kappa shape index (κ1) is 8.84. The van der Waals surface area contributed by atoms with E-state index in [0.717, 1.165) is 17.9 Å². The average Bonchev–Trinajstić information content (AvgIpc) is 2.53. The van der Waals surface area contributed by atoms with Gasteiger partial charge in [0.25, 0.3) is 6.47 Å². The van der Waals surface area contributed by atoms with Gasteiger partial charge in [-0.15, -0.1) is 0 Å². The van der Waals surface area contributed by atoms with Crippen LogP contribution in [-0.2, 0) is 22.4 Å². The summed E-state index contributed by atoms with van der Waals surface area (Å²) in [5.74, 6) is 1.84. The zero-order valence-corrected chi connectivity index (χ0v) is 7.08. The minimum atomic E-state index is 0.389. The third-order valence-electron chi connectivity index (χ3n) is 1.60. The normalized spacial score (nSPS) is 9.75. The average molecular weight is 168 g/mol. The first-order valence-electron chi connectivity index (χ1n) is 3.99. The molecule has 0 bridgehead atoms. The van der Waals surface area contributed by atoms with Crippen LogP contribution in [0.5, 0.6) is 0 Å². The van der Waals surface area contributed by atoms with E-state index in [2.05, 4.69) is 4.74 Å². The smallest absolute Gasteiger partial charge is 0.293 e. The SMILES string of the molecule is CCc1ccc(CCOC=O)o1. The lowest BCUT2D eigenvalue weighted by atomic mass is 10.3. The third-order valence-corrected chi connectivity index (χ3v) is 1.60. The van der Waals surface area contributed by atoms with Crippen molar-refractivity contribution >= 4 is 6.47 Å². The van der Waals surface area contributed by atoms with E-state index >= 15 is 0 Å². The van der Waals surface area contributed by atoms with Crippen LogP contribution in [0.15, 0.2) is 16.5 Å². The maximum Gasteiger partial charge on any atom is 0.293 e. The molecule has 3 nitrogen and oxygen atoms in total. The van der Waals surface area contributed by atoms with Crippen molar-refractivity contribution in [2.75, 3.05) is 6.61 Å². The molecular weight excluding hydrogens is 156 g/mol. The van der Waals surface area contributed by atoms with Gasteiger partial charge in [-0.3, -0.25) is 4.79 Å². The highest BCUT2D eigenvalue weighted by atomic mass is 16.5. The summed E-state index contributed by atoms with van der Waals surface area (Å²) in [6.45, 7) is 2.87. The summed E-state index contributed by atoms with van der Waals surface area (Å²) in [6.07, 6.45) is 1.55. The maximum absolute atomic E-state index is 9.80. The van der Waals surface area contributed by atoms with E-state index < -0.39 is 0 Å². The van der Waals surface area contributed by atoms with Crippen LogP contribution in [0.1, 0.15) is 18.4 Å². The van der Waals surface area contributed by atoms with Crippen LogP contribution in [0.2, 0.25) is 0 Å². The molecule has 0 radical (unpaired) electrons. The molecule has 0 amide bonds. The fourth-order valence-corrected chi connectivity index (χ4v) is 0.954. The zero-order valence-electron chi connectivity index (χ0n) is 7.08. The van der Waals surface area contributed by atoms with Crippen LogP contribution < -0.4 is 0 Å². The molecule has 0 unspecified atom stereocenters. The minimum Gasteiger partial charge on any atom is -0.467 e. The third kappa shape index (κ3) is 2.42. The van der Waals surface area contributed by atoms with Crippen molar-refractivity contribution in [3.8, 4) is 0 Å². The van der Waals surface area contributed by atoms with E-state index in [4.69, 9.17) is 4.42 Å². The second-order valence-corrected chi connectivity index (χ2v) is 2.44. The second-order valence-electron chi connectivity index (χ2n) is 2.44.